The summed E-state index contributed by atoms with van der Waals surface area (Å²) in [5.41, 5.74) is 0.946. The zero-order valence-corrected chi connectivity index (χ0v) is 13.6. The number of ketones is 1. The average Bonchev–Trinajstić information content (AvgIpc) is 2.92. The Hall–Kier alpha value is -0.590. The smallest absolute Gasteiger partial charge is 0.133 e. The molecule has 0 N–H and O–H groups in total. The molecule has 4 aliphatic rings. The summed E-state index contributed by atoms with van der Waals surface area (Å²) in [4.78, 5) is 11.9. The van der Waals surface area contributed by atoms with Gasteiger partial charge < -0.3 is 0 Å². The summed E-state index contributed by atoms with van der Waals surface area (Å²) in [5.74, 6) is 3.95. The van der Waals surface area contributed by atoms with E-state index in [1.54, 1.807) is 0 Å². The summed E-state index contributed by atoms with van der Waals surface area (Å²) in [6, 6.07) is 0. The second kappa shape index (κ2) is 4.70. The van der Waals surface area contributed by atoms with E-state index in [9.17, 15) is 4.79 Å². The Labute approximate surface area is 129 Å². The molecule has 4 fully saturated rings. The highest BCUT2D eigenvalue weighted by atomic mass is 16.1. The lowest BCUT2D eigenvalue weighted by Gasteiger charge is -2.59. The molecule has 4 rings (SSSR count). The molecule has 116 valence electrons. The minimum Gasteiger partial charge on any atom is -0.300 e. The Morgan fingerprint density at radius 1 is 1.10 bits per heavy atom. The van der Waals surface area contributed by atoms with E-state index in [0.717, 1.165) is 30.6 Å². The third kappa shape index (κ3) is 1.85. The van der Waals surface area contributed by atoms with Crippen LogP contribution in [-0.2, 0) is 4.79 Å². The summed E-state index contributed by atoms with van der Waals surface area (Å²) >= 11 is 0. The van der Waals surface area contributed by atoms with Gasteiger partial charge in [0.2, 0.25) is 0 Å². The van der Waals surface area contributed by atoms with Crippen molar-refractivity contribution in [2.75, 3.05) is 0 Å². The predicted octanol–water partition coefficient (Wildman–Crippen LogP) is 5.15. The molecule has 0 aromatic carbocycles. The highest BCUT2D eigenvalue weighted by molar-refractivity contribution is 5.79. The maximum absolute atomic E-state index is 11.9. The van der Waals surface area contributed by atoms with E-state index in [-0.39, 0.29) is 0 Å². The number of rotatable bonds is 1. The van der Waals surface area contributed by atoms with Crippen LogP contribution >= 0.6 is 0 Å². The molecule has 0 aromatic rings. The first kappa shape index (κ1) is 14.0. The van der Waals surface area contributed by atoms with Crippen LogP contribution in [0.2, 0.25) is 0 Å². The molecule has 1 nitrogen and oxygen atoms in total. The molecular formula is C20H30O. The molecule has 21 heavy (non-hydrogen) atoms. The van der Waals surface area contributed by atoms with Crippen molar-refractivity contribution in [3.8, 4) is 0 Å². The van der Waals surface area contributed by atoms with Crippen LogP contribution < -0.4 is 0 Å². The lowest BCUT2D eigenvalue weighted by atomic mass is 9.45. The van der Waals surface area contributed by atoms with Gasteiger partial charge in [0.25, 0.3) is 0 Å². The summed E-state index contributed by atoms with van der Waals surface area (Å²) in [6.45, 7) is 6.76. The van der Waals surface area contributed by atoms with Crippen molar-refractivity contribution in [2.45, 2.75) is 71.1 Å². The molecule has 1 unspecified atom stereocenters. The van der Waals surface area contributed by atoms with Gasteiger partial charge in [0, 0.05) is 12.8 Å². The Morgan fingerprint density at radius 2 is 1.95 bits per heavy atom. The van der Waals surface area contributed by atoms with E-state index in [1.807, 2.05) is 0 Å². The van der Waals surface area contributed by atoms with Crippen LogP contribution in [0.3, 0.4) is 0 Å². The highest BCUT2D eigenvalue weighted by Gasteiger charge is 2.58. The van der Waals surface area contributed by atoms with Crippen LogP contribution in [0.5, 0.6) is 0 Å². The number of carbonyl (C=O) groups is 1. The summed E-state index contributed by atoms with van der Waals surface area (Å²) in [7, 11) is 0. The third-order valence-corrected chi connectivity index (χ3v) is 8.30. The van der Waals surface area contributed by atoms with Gasteiger partial charge in [0.05, 0.1) is 0 Å². The Morgan fingerprint density at radius 3 is 2.76 bits per heavy atom. The quantitative estimate of drug-likeness (QED) is 0.609. The predicted molar refractivity (Wildman–Crippen MR) is 85.9 cm³/mol. The number of allylic oxidation sites excluding steroid dienone is 1. The molecule has 6 atom stereocenters. The van der Waals surface area contributed by atoms with Gasteiger partial charge in [-0.05, 0) is 79.4 Å². The molecule has 0 heterocycles. The summed E-state index contributed by atoms with van der Waals surface area (Å²) in [6.07, 6.45) is 15.0. The fourth-order valence-electron chi connectivity index (χ4n) is 7.11. The average molecular weight is 286 g/mol. The molecule has 0 bridgehead atoms. The maximum atomic E-state index is 11.9. The molecule has 1 heteroatoms. The van der Waals surface area contributed by atoms with Crippen molar-refractivity contribution < 1.29 is 4.79 Å². The number of Topliss-reactive ketones (excluding diaryl/α,β-unsaturated/α-hetero) is 1. The number of carbonyl (C=O) groups excluding carboxylic acids is 1. The fraction of sp³-hybridized carbons (Fsp3) is 0.850. The van der Waals surface area contributed by atoms with Crippen LogP contribution in [0, 0.1) is 34.5 Å². The van der Waals surface area contributed by atoms with Gasteiger partial charge in [-0.1, -0.05) is 19.4 Å². The Kier molecular flexibility index (Phi) is 3.14. The van der Waals surface area contributed by atoms with Gasteiger partial charge in [-0.15, -0.1) is 6.58 Å². The molecule has 4 aliphatic carbocycles. The minimum atomic E-state index is 0.465. The number of fused-ring (bicyclic) bond motifs is 5. The van der Waals surface area contributed by atoms with Crippen LogP contribution in [-0.4, -0.2) is 5.78 Å². The van der Waals surface area contributed by atoms with E-state index < -0.39 is 0 Å². The fourth-order valence-corrected chi connectivity index (χ4v) is 7.11. The minimum absolute atomic E-state index is 0.465. The van der Waals surface area contributed by atoms with E-state index >= 15 is 0 Å². The first-order valence-electron chi connectivity index (χ1n) is 9.24. The topological polar surface area (TPSA) is 17.1 Å². The normalized spacial score (nSPS) is 52.7. The van der Waals surface area contributed by atoms with Gasteiger partial charge in [0.15, 0.2) is 0 Å². The largest absolute Gasteiger partial charge is 0.300 e. The van der Waals surface area contributed by atoms with Crippen LogP contribution in [0.4, 0.5) is 0 Å². The summed E-state index contributed by atoms with van der Waals surface area (Å²) < 4.78 is 0. The van der Waals surface area contributed by atoms with Gasteiger partial charge in [-0.3, -0.25) is 4.79 Å². The van der Waals surface area contributed by atoms with Crippen molar-refractivity contribution in [2.24, 2.45) is 34.5 Å². The Balaban J connectivity index is 1.65. The van der Waals surface area contributed by atoms with E-state index in [4.69, 9.17) is 0 Å². The van der Waals surface area contributed by atoms with Crippen LogP contribution in [0.25, 0.3) is 0 Å². The van der Waals surface area contributed by atoms with Gasteiger partial charge in [-0.2, -0.15) is 0 Å². The second-order valence-corrected chi connectivity index (χ2v) is 8.77. The molecule has 0 spiro atoms. The van der Waals surface area contributed by atoms with Crippen molar-refractivity contribution in [3.05, 3.63) is 12.7 Å². The lowest BCUT2D eigenvalue weighted by molar-refractivity contribution is -0.136. The van der Waals surface area contributed by atoms with E-state index in [2.05, 4.69) is 19.6 Å². The summed E-state index contributed by atoms with van der Waals surface area (Å²) in [5, 5.41) is 0. The second-order valence-electron chi connectivity index (χ2n) is 8.77. The van der Waals surface area contributed by atoms with Crippen molar-refractivity contribution >= 4 is 5.78 Å². The zero-order chi connectivity index (χ0) is 14.7. The molecule has 0 saturated heterocycles. The van der Waals surface area contributed by atoms with Gasteiger partial charge in [-0.25, -0.2) is 0 Å². The van der Waals surface area contributed by atoms with Crippen LogP contribution in [0.1, 0.15) is 71.1 Å². The monoisotopic (exact) mass is 286 g/mol. The van der Waals surface area contributed by atoms with Crippen LogP contribution in [0.15, 0.2) is 12.7 Å². The zero-order valence-electron chi connectivity index (χ0n) is 13.6. The first-order valence-corrected chi connectivity index (χ1v) is 9.24. The number of hydrogen-bond acceptors (Lipinski definition) is 1. The van der Waals surface area contributed by atoms with Gasteiger partial charge >= 0.3 is 0 Å². The van der Waals surface area contributed by atoms with Gasteiger partial charge in [0.1, 0.15) is 5.78 Å². The first-order chi connectivity index (χ1) is 10.1. The third-order valence-electron chi connectivity index (χ3n) is 8.30. The molecule has 0 aromatic heterocycles. The van der Waals surface area contributed by atoms with Crippen molar-refractivity contribution in [3.63, 3.8) is 0 Å². The Bertz CT molecular complexity index is 466. The molecule has 0 aliphatic heterocycles. The maximum Gasteiger partial charge on any atom is 0.133 e. The van der Waals surface area contributed by atoms with E-state index in [0.29, 0.717) is 22.5 Å². The van der Waals surface area contributed by atoms with Crippen molar-refractivity contribution in [1.29, 1.82) is 0 Å². The molecular weight excluding hydrogens is 256 g/mol. The standard InChI is InChI=1S/C20H30O/c1-3-20-10-4-5-18(20)16-7-6-14-13-15(21)8-11-19(14,2)17(16)9-12-20/h3,14,16-18H,1,4-13H2,2H3/t14?,16-,17+,18+,19+,20+/m1/s1. The molecule has 0 amide bonds. The highest BCUT2D eigenvalue weighted by Crippen LogP contribution is 2.66. The SMILES string of the molecule is C=C[C@@]12CCC[C@H]1[C@@H]1CCC3CC(=O)CC[C@]3(C)[C@H]1CC2. The number of hydrogen-bond donors (Lipinski definition) is 0. The molecule has 4 saturated carbocycles. The molecule has 0 radical (unpaired) electrons. The lowest BCUT2D eigenvalue weighted by Crippen LogP contribution is -2.52. The van der Waals surface area contributed by atoms with Crippen molar-refractivity contribution in [1.82, 2.24) is 0 Å². The van der Waals surface area contributed by atoms with E-state index in [1.165, 1.54) is 51.4 Å².